The molecule has 106 valence electrons. The lowest BCUT2D eigenvalue weighted by Gasteiger charge is -2.16. The zero-order valence-corrected chi connectivity index (χ0v) is 11.8. The van der Waals surface area contributed by atoms with E-state index >= 15 is 0 Å². The maximum absolute atomic E-state index is 11.7. The molecule has 0 spiro atoms. The Bertz CT molecular complexity index is 368. The van der Waals surface area contributed by atoms with Crippen molar-refractivity contribution >= 4 is 5.91 Å². The highest BCUT2D eigenvalue weighted by atomic mass is 16.7. The molecular weight excluding hydrogens is 240 g/mol. The molecular formula is C15H24N2O2. The molecule has 0 aliphatic heterocycles. The summed E-state index contributed by atoms with van der Waals surface area (Å²) in [4.78, 5) is 17.1. The van der Waals surface area contributed by atoms with Gasteiger partial charge < -0.3 is 5.73 Å². The van der Waals surface area contributed by atoms with Crippen LogP contribution in [0, 0.1) is 0 Å². The number of hydroxylamine groups is 1. The predicted molar refractivity (Wildman–Crippen MR) is 76.6 cm³/mol. The summed E-state index contributed by atoms with van der Waals surface area (Å²) in [5.74, 6) is -0.217. The highest BCUT2D eigenvalue weighted by Gasteiger charge is 2.09. The molecule has 0 fully saturated rings. The second kappa shape index (κ2) is 8.67. The first-order valence-electron chi connectivity index (χ1n) is 6.90. The third-order valence-electron chi connectivity index (χ3n) is 2.99. The summed E-state index contributed by atoms with van der Waals surface area (Å²) >= 11 is 0. The van der Waals surface area contributed by atoms with Crippen molar-refractivity contribution in [1.29, 1.82) is 0 Å². The Kier molecular flexibility index (Phi) is 7.15. The lowest BCUT2D eigenvalue weighted by molar-refractivity contribution is -0.0124. The van der Waals surface area contributed by atoms with E-state index in [1.54, 1.807) is 12.1 Å². The van der Waals surface area contributed by atoms with Gasteiger partial charge in [-0.1, -0.05) is 31.5 Å². The molecule has 0 aromatic heterocycles. The van der Waals surface area contributed by atoms with E-state index in [0.29, 0.717) is 5.56 Å². The molecule has 1 aromatic rings. The first kappa shape index (κ1) is 15.7. The van der Waals surface area contributed by atoms with Gasteiger partial charge >= 0.3 is 0 Å². The predicted octanol–water partition coefficient (Wildman–Crippen LogP) is 2.64. The van der Waals surface area contributed by atoms with Crippen LogP contribution < -0.4 is 11.2 Å². The molecule has 2 unspecified atom stereocenters. The van der Waals surface area contributed by atoms with Crippen LogP contribution in [0.4, 0.5) is 0 Å². The van der Waals surface area contributed by atoms with Crippen LogP contribution in [0.15, 0.2) is 30.3 Å². The third-order valence-corrected chi connectivity index (χ3v) is 2.99. The first-order chi connectivity index (χ1) is 9.13. The van der Waals surface area contributed by atoms with E-state index in [1.165, 1.54) is 0 Å². The van der Waals surface area contributed by atoms with E-state index in [1.807, 2.05) is 25.1 Å². The highest BCUT2D eigenvalue weighted by molar-refractivity contribution is 5.93. The summed E-state index contributed by atoms with van der Waals surface area (Å²) in [6.07, 6.45) is 3.85. The average Bonchev–Trinajstić information content (AvgIpc) is 2.44. The minimum Gasteiger partial charge on any atom is -0.328 e. The summed E-state index contributed by atoms with van der Waals surface area (Å²) in [6.45, 7) is 4.06. The Labute approximate surface area is 115 Å². The largest absolute Gasteiger partial charge is 0.328 e. The fourth-order valence-electron chi connectivity index (χ4n) is 1.83. The van der Waals surface area contributed by atoms with Crippen LogP contribution in [0.2, 0.25) is 0 Å². The summed E-state index contributed by atoms with van der Waals surface area (Å²) in [5.41, 5.74) is 9.01. The molecule has 0 saturated carbocycles. The lowest BCUT2D eigenvalue weighted by Crippen LogP contribution is -2.29. The van der Waals surface area contributed by atoms with Crippen molar-refractivity contribution in [3.63, 3.8) is 0 Å². The van der Waals surface area contributed by atoms with Crippen molar-refractivity contribution in [2.24, 2.45) is 5.73 Å². The molecule has 0 bridgehead atoms. The van der Waals surface area contributed by atoms with Crippen molar-refractivity contribution in [3.8, 4) is 0 Å². The van der Waals surface area contributed by atoms with Crippen molar-refractivity contribution in [1.82, 2.24) is 5.48 Å². The van der Waals surface area contributed by atoms with Crippen LogP contribution in [0.25, 0.3) is 0 Å². The number of rotatable bonds is 8. The number of nitrogens with one attached hydrogen (secondary N) is 1. The van der Waals surface area contributed by atoms with Gasteiger partial charge in [-0.05, 0) is 38.3 Å². The number of benzene rings is 1. The number of carbonyl (C=O) groups excluding carboxylic acids is 1. The maximum atomic E-state index is 11.7. The van der Waals surface area contributed by atoms with E-state index in [2.05, 4.69) is 12.4 Å². The Balaban J connectivity index is 2.23. The van der Waals surface area contributed by atoms with Crippen LogP contribution in [0.3, 0.4) is 0 Å². The molecule has 0 saturated heterocycles. The molecule has 0 aliphatic carbocycles. The monoisotopic (exact) mass is 264 g/mol. The number of amides is 1. The van der Waals surface area contributed by atoms with Gasteiger partial charge in [0, 0.05) is 11.6 Å². The molecule has 19 heavy (non-hydrogen) atoms. The summed E-state index contributed by atoms with van der Waals surface area (Å²) in [5, 5.41) is 0. The normalized spacial score (nSPS) is 13.8. The zero-order valence-electron chi connectivity index (χ0n) is 11.8. The van der Waals surface area contributed by atoms with E-state index < -0.39 is 0 Å². The topological polar surface area (TPSA) is 64.3 Å². The van der Waals surface area contributed by atoms with Gasteiger partial charge in [0.1, 0.15) is 0 Å². The Hall–Kier alpha value is -1.39. The molecule has 0 aliphatic rings. The molecule has 1 rings (SSSR count). The van der Waals surface area contributed by atoms with Gasteiger partial charge in [-0.2, -0.15) is 0 Å². The van der Waals surface area contributed by atoms with Crippen molar-refractivity contribution in [2.45, 2.75) is 51.7 Å². The summed E-state index contributed by atoms with van der Waals surface area (Å²) < 4.78 is 0. The van der Waals surface area contributed by atoms with Gasteiger partial charge in [0.15, 0.2) is 0 Å². The number of carbonyl (C=O) groups is 1. The maximum Gasteiger partial charge on any atom is 0.274 e. The van der Waals surface area contributed by atoms with Crippen LogP contribution in [-0.2, 0) is 4.84 Å². The number of hydrogen-bond donors (Lipinski definition) is 2. The van der Waals surface area contributed by atoms with Gasteiger partial charge in [0.2, 0.25) is 0 Å². The fraction of sp³-hybridized carbons (Fsp3) is 0.533. The molecule has 1 amide bonds. The summed E-state index contributed by atoms with van der Waals surface area (Å²) in [6, 6.07) is 9.24. The molecule has 0 heterocycles. The standard InChI is InChI=1S/C15H24N2O2/c1-3-7-14(16)11-10-12(2)19-17-15(18)13-8-5-4-6-9-13/h4-6,8-9,12,14H,3,7,10-11,16H2,1-2H3,(H,17,18). The Morgan fingerprint density at radius 1 is 1.26 bits per heavy atom. The second-order valence-corrected chi connectivity index (χ2v) is 4.85. The van der Waals surface area contributed by atoms with Gasteiger partial charge in [-0.15, -0.1) is 0 Å². The van der Waals surface area contributed by atoms with Crippen LogP contribution >= 0.6 is 0 Å². The Morgan fingerprint density at radius 2 is 1.95 bits per heavy atom. The van der Waals surface area contributed by atoms with Crippen molar-refractivity contribution in [3.05, 3.63) is 35.9 Å². The van der Waals surface area contributed by atoms with Gasteiger partial charge in [-0.25, -0.2) is 5.48 Å². The van der Waals surface area contributed by atoms with Crippen LogP contribution in [0.1, 0.15) is 49.9 Å². The second-order valence-electron chi connectivity index (χ2n) is 4.85. The number of hydrogen-bond acceptors (Lipinski definition) is 3. The molecule has 0 radical (unpaired) electrons. The average molecular weight is 264 g/mol. The number of nitrogens with two attached hydrogens (primary N) is 1. The van der Waals surface area contributed by atoms with E-state index in [9.17, 15) is 4.79 Å². The molecule has 2 atom stereocenters. The minimum absolute atomic E-state index is 0.0319. The van der Waals surface area contributed by atoms with E-state index in [-0.39, 0.29) is 18.1 Å². The van der Waals surface area contributed by atoms with Crippen molar-refractivity contribution in [2.75, 3.05) is 0 Å². The molecule has 1 aromatic carbocycles. The quantitative estimate of drug-likeness (QED) is 0.709. The Morgan fingerprint density at radius 3 is 2.58 bits per heavy atom. The van der Waals surface area contributed by atoms with Gasteiger partial charge in [-0.3, -0.25) is 9.63 Å². The van der Waals surface area contributed by atoms with Crippen LogP contribution in [-0.4, -0.2) is 18.1 Å². The third kappa shape index (κ3) is 6.36. The van der Waals surface area contributed by atoms with Crippen LogP contribution in [0.5, 0.6) is 0 Å². The molecule has 4 nitrogen and oxygen atoms in total. The van der Waals surface area contributed by atoms with E-state index in [0.717, 1.165) is 25.7 Å². The van der Waals surface area contributed by atoms with E-state index in [4.69, 9.17) is 10.6 Å². The molecule has 3 N–H and O–H groups in total. The molecule has 4 heteroatoms. The fourth-order valence-corrected chi connectivity index (χ4v) is 1.83. The minimum atomic E-state index is -0.217. The van der Waals surface area contributed by atoms with Crippen molar-refractivity contribution < 1.29 is 9.63 Å². The first-order valence-corrected chi connectivity index (χ1v) is 6.90. The highest BCUT2D eigenvalue weighted by Crippen LogP contribution is 2.07. The smallest absolute Gasteiger partial charge is 0.274 e. The SMILES string of the molecule is CCCC(N)CCC(C)ONC(=O)c1ccccc1. The summed E-state index contributed by atoms with van der Waals surface area (Å²) in [7, 11) is 0. The lowest BCUT2D eigenvalue weighted by atomic mass is 10.1. The van der Waals surface area contributed by atoms with Gasteiger partial charge in [0.25, 0.3) is 5.91 Å². The zero-order chi connectivity index (χ0) is 14.1. The van der Waals surface area contributed by atoms with Gasteiger partial charge in [0.05, 0.1) is 6.10 Å².